The summed E-state index contributed by atoms with van der Waals surface area (Å²) in [5.74, 6) is 2.33. The third-order valence-corrected chi connectivity index (χ3v) is 6.34. The fourth-order valence-corrected chi connectivity index (χ4v) is 4.65. The van der Waals surface area contributed by atoms with Gasteiger partial charge in [0, 0.05) is 23.7 Å². The van der Waals surface area contributed by atoms with Crippen LogP contribution in [0, 0.1) is 6.92 Å². The molecule has 0 saturated carbocycles. The molecule has 0 N–H and O–H groups in total. The number of hydrogen-bond acceptors (Lipinski definition) is 6. The van der Waals surface area contributed by atoms with Crippen LogP contribution in [0.1, 0.15) is 11.3 Å². The summed E-state index contributed by atoms with van der Waals surface area (Å²) in [6.45, 7) is 2.10. The van der Waals surface area contributed by atoms with Crippen LogP contribution in [0.15, 0.2) is 59.1 Å². The van der Waals surface area contributed by atoms with Crippen LogP contribution >= 0.6 is 23.1 Å². The van der Waals surface area contributed by atoms with Crippen LogP contribution in [0.5, 0.6) is 5.75 Å². The minimum absolute atomic E-state index is 0.750. The summed E-state index contributed by atoms with van der Waals surface area (Å²) in [6.07, 6.45) is 0. The van der Waals surface area contributed by atoms with Crippen molar-refractivity contribution in [3.8, 4) is 27.7 Å². The Morgan fingerprint density at radius 1 is 1.11 bits per heavy atom. The average Bonchev–Trinajstić information content (AvgIpc) is 3.33. The number of para-hydroxylation sites is 1. The molecule has 2 heterocycles. The van der Waals surface area contributed by atoms with E-state index in [-0.39, 0.29) is 0 Å². The van der Waals surface area contributed by atoms with Gasteiger partial charge in [-0.2, -0.15) is 0 Å². The van der Waals surface area contributed by atoms with E-state index in [4.69, 9.17) is 9.72 Å². The lowest BCUT2D eigenvalue weighted by atomic mass is 10.1. The van der Waals surface area contributed by atoms with Crippen LogP contribution in [0.25, 0.3) is 22.0 Å². The monoisotopic (exact) mass is 408 g/mol. The van der Waals surface area contributed by atoms with Crippen LogP contribution in [-0.2, 0) is 12.8 Å². The van der Waals surface area contributed by atoms with Gasteiger partial charge in [0.2, 0.25) is 0 Å². The molecule has 142 valence electrons. The van der Waals surface area contributed by atoms with E-state index in [0.717, 1.165) is 38.7 Å². The van der Waals surface area contributed by atoms with Crippen molar-refractivity contribution >= 4 is 23.1 Å². The maximum absolute atomic E-state index is 5.45. The highest BCUT2D eigenvalue weighted by molar-refractivity contribution is 7.98. The molecule has 2 aromatic carbocycles. The number of rotatable bonds is 6. The van der Waals surface area contributed by atoms with Gasteiger partial charge in [0.15, 0.2) is 11.0 Å². The highest BCUT2D eigenvalue weighted by Gasteiger charge is 2.15. The number of benzene rings is 2. The number of hydrogen-bond donors (Lipinski definition) is 0. The van der Waals surface area contributed by atoms with Crippen molar-refractivity contribution in [3.05, 3.63) is 65.2 Å². The molecule has 0 unspecified atom stereocenters. The van der Waals surface area contributed by atoms with Gasteiger partial charge in [-0.15, -0.1) is 21.5 Å². The molecule has 0 atom stereocenters. The number of methoxy groups -OCH3 is 1. The minimum Gasteiger partial charge on any atom is -0.496 e. The molecule has 0 amide bonds. The van der Waals surface area contributed by atoms with Crippen molar-refractivity contribution in [2.75, 3.05) is 7.11 Å². The topological polar surface area (TPSA) is 52.8 Å². The van der Waals surface area contributed by atoms with Crippen LogP contribution in [0.3, 0.4) is 0 Å². The van der Waals surface area contributed by atoms with E-state index in [9.17, 15) is 0 Å². The molecule has 28 heavy (non-hydrogen) atoms. The van der Waals surface area contributed by atoms with Crippen molar-refractivity contribution in [2.24, 2.45) is 7.05 Å². The molecule has 0 radical (unpaired) electrons. The van der Waals surface area contributed by atoms with Gasteiger partial charge in [-0.1, -0.05) is 47.7 Å². The zero-order valence-corrected chi connectivity index (χ0v) is 17.5. The molecule has 0 aliphatic heterocycles. The number of aromatic nitrogens is 4. The van der Waals surface area contributed by atoms with Gasteiger partial charge in [0.1, 0.15) is 10.8 Å². The number of nitrogens with zero attached hydrogens (tertiary/aromatic N) is 4. The number of thiazole rings is 1. The van der Waals surface area contributed by atoms with Crippen LogP contribution in [0.2, 0.25) is 0 Å². The fourth-order valence-electron chi connectivity index (χ4n) is 2.93. The Kier molecular flexibility index (Phi) is 5.45. The Morgan fingerprint density at radius 3 is 2.79 bits per heavy atom. The first-order valence-corrected chi connectivity index (χ1v) is 10.7. The maximum Gasteiger partial charge on any atom is 0.191 e. The Balaban J connectivity index is 1.50. The Hall–Kier alpha value is -2.64. The molecule has 0 bridgehead atoms. The van der Waals surface area contributed by atoms with Gasteiger partial charge < -0.3 is 9.30 Å². The third-order valence-electron chi connectivity index (χ3n) is 4.35. The standard InChI is InChI=1S/C21H20N4OS2/c1-14-7-6-8-15(11-14)20-22-16(12-27-20)13-28-21-24-23-19(25(21)2)17-9-4-5-10-18(17)26-3/h4-12H,13H2,1-3H3. The molecule has 0 aliphatic rings. The zero-order chi connectivity index (χ0) is 19.5. The molecule has 7 heteroatoms. The molecule has 0 spiro atoms. The fraction of sp³-hybridized carbons (Fsp3) is 0.190. The second-order valence-electron chi connectivity index (χ2n) is 6.37. The molecule has 2 aromatic heterocycles. The summed E-state index contributed by atoms with van der Waals surface area (Å²) < 4.78 is 7.45. The van der Waals surface area contributed by atoms with E-state index in [0.29, 0.717) is 0 Å². The lowest BCUT2D eigenvalue weighted by Gasteiger charge is -2.07. The first-order chi connectivity index (χ1) is 13.7. The highest BCUT2D eigenvalue weighted by atomic mass is 32.2. The predicted octanol–water partition coefficient (Wildman–Crippen LogP) is 5.21. The summed E-state index contributed by atoms with van der Waals surface area (Å²) in [4.78, 5) is 4.78. The first kappa shape index (κ1) is 18.7. The van der Waals surface area contributed by atoms with Gasteiger partial charge in [0.05, 0.1) is 18.4 Å². The van der Waals surface area contributed by atoms with Crippen molar-refractivity contribution in [1.29, 1.82) is 0 Å². The molecule has 5 nitrogen and oxygen atoms in total. The maximum atomic E-state index is 5.45. The molecule has 0 fully saturated rings. The van der Waals surface area contributed by atoms with E-state index in [1.54, 1.807) is 30.2 Å². The Morgan fingerprint density at radius 2 is 1.96 bits per heavy atom. The van der Waals surface area contributed by atoms with E-state index < -0.39 is 0 Å². The Bertz CT molecular complexity index is 1100. The summed E-state index contributed by atoms with van der Waals surface area (Å²) in [7, 11) is 3.64. The van der Waals surface area contributed by atoms with E-state index in [2.05, 4.69) is 46.8 Å². The minimum atomic E-state index is 0.750. The largest absolute Gasteiger partial charge is 0.496 e. The zero-order valence-electron chi connectivity index (χ0n) is 15.9. The average molecular weight is 409 g/mol. The van der Waals surface area contributed by atoms with Crippen LogP contribution in [0.4, 0.5) is 0 Å². The molecular formula is C21H20N4OS2. The molecule has 0 saturated heterocycles. The number of ether oxygens (including phenoxy) is 1. The van der Waals surface area contributed by atoms with Gasteiger partial charge in [0.25, 0.3) is 0 Å². The predicted molar refractivity (Wildman–Crippen MR) is 115 cm³/mol. The highest BCUT2D eigenvalue weighted by Crippen LogP contribution is 2.32. The summed E-state index contributed by atoms with van der Waals surface area (Å²) >= 11 is 3.31. The van der Waals surface area contributed by atoms with Crippen molar-refractivity contribution in [3.63, 3.8) is 0 Å². The van der Waals surface area contributed by atoms with E-state index in [1.165, 1.54) is 11.1 Å². The van der Waals surface area contributed by atoms with Crippen LogP contribution < -0.4 is 4.74 Å². The van der Waals surface area contributed by atoms with Crippen LogP contribution in [-0.4, -0.2) is 26.9 Å². The van der Waals surface area contributed by atoms with Crippen molar-refractivity contribution in [1.82, 2.24) is 19.7 Å². The number of aryl methyl sites for hydroxylation is 1. The van der Waals surface area contributed by atoms with E-state index in [1.807, 2.05) is 35.9 Å². The quantitative estimate of drug-likeness (QED) is 0.410. The van der Waals surface area contributed by atoms with Gasteiger partial charge in [-0.3, -0.25) is 0 Å². The smallest absolute Gasteiger partial charge is 0.191 e. The van der Waals surface area contributed by atoms with Gasteiger partial charge in [-0.05, 0) is 25.1 Å². The molecule has 4 rings (SSSR count). The summed E-state index contributed by atoms with van der Waals surface area (Å²) in [5.41, 5.74) is 4.39. The lowest BCUT2D eigenvalue weighted by molar-refractivity contribution is 0.416. The first-order valence-electron chi connectivity index (χ1n) is 8.82. The summed E-state index contributed by atoms with van der Waals surface area (Å²) in [6, 6.07) is 16.3. The second kappa shape index (κ2) is 8.16. The third kappa shape index (κ3) is 3.81. The molecular weight excluding hydrogens is 388 g/mol. The lowest BCUT2D eigenvalue weighted by Crippen LogP contribution is -1.97. The normalized spacial score (nSPS) is 11.0. The number of thioether (sulfide) groups is 1. The van der Waals surface area contributed by atoms with E-state index >= 15 is 0 Å². The van der Waals surface area contributed by atoms with Gasteiger partial charge >= 0.3 is 0 Å². The second-order valence-corrected chi connectivity index (χ2v) is 8.17. The SMILES string of the molecule is COc1ccccc1-c1nnc(SCc2csc(-c3cccc(C)c3)n2)n1C. The molecule has 0 aliphatic carbocycles. The van der Waals surface area contributed by atoms with Crippen molar-refractivity contribution in [2.45, 2.75) is 17.8 Å². The molecule has 4 aromatic rings. The Labute approximate surface area is 172 Å². The summed E-state index contributed by atoms with van der Waals surface area (Å²) in [5, 5.41) is 12.7. The van der Waals surface area contributed by atoms with Crippen molar-refractivity contribution < 1.29 is 4.74 Å². The van der Waals surface area contributed by atoms with Gasteiger partial charge in [-0.25, -0.2) is 4.98 Å².